The molecule has 0 radical (unpaired) electrons. The van der Waals surface area contributed by atoms with Crippen molar-refractivity contribution in [3.05, 3.63) is 70.8 Å². The van der Waals surface area contributed by atoms with Crippen molar-refractivity contribution < 1.29 is 14.3 Å². The van der Waals surface area contributed by atoms with Crippen LogP contribution in [0.25, 0.3) is 0 Å². The van der Waals surface area contributed by atoms with E-state index >= 15 is 0 Å². The molecule has 31 heavy (non-hydrogen) atoms. The zero-order valence-electron chi connectivity index (χ0n) is 18.7. The molecule has 0 unspecified atom stereocenters. The van der Waals surface area contributed by atoms with Crippen molar-refractivity contribution in [2.75, 3.05) is 20.8 Å². The van der Waals surface area contributed by atoms with Gasteiger partial charge in [0.25, 0.3) is 5.91 Å². The zero-order valence-corrected chi connectivity index (χ0v) is 18.7. The van der Waals surface area contributed by atoms with Crippen LogP contribution in [0.5, 0.6) is 11.5 Å². The second-order valence-corrected chi connectivity index (χ2v) is 8.31. The summed E-state index contributed by atoms with van der Waals surface area (Å²) in [5.41, 5.74) is 4.68. The highest BCUT2D eigenvalue weighted by Crippen LogP contribution is 2.39. The smallest absolute Gasteiger partial charge is 0.251 e. The van der Waals surface area contributed by atoms with Crippen molar-refractivity contribution in [2.24, 2.45) is 0 Å². The fraction of sp³-hybridized carbons (Fsp3) is 0.423. The quantitative estimate of drug-likeness (QED) is 0.676. The maximum atomic E-state index is 13.3. The van der Waals surface area contributed by atoms with Crippen LogP contribution in [0.2, 0.25) is 0 Å². The second-order valence-electron chi connectivity index (χ2n) is 8.31. The average molecular weight is 421 g/mol. The van der Waals surface area contributed by atoms with Crippen molar-refractivity contribution >= 4 is 5.91 Å². The van der Waals surface area contributed by atoms with E-state index in [-0.39, 0.29) is 18.1 Å². The van der Waals surface area contributed by atoms with Crippen LogP contribution in [0, 0.1) is 0 Å². The van der Waals surface area contributed by atoms with E-state index in [1.165, 1.54) is 16.7 Å². The van der Waals surface area contributed by atoms with Crippen LogP contribution >= 0.6 is 0 Å². The average Bonchev–Trinajstić information content (AvgIpc) is 3.10. The maximum Gasteiger partial charge on any atom is 0.251 e. The first-order chi connectivity index (χ1) is 15.1. The lowest BCUT2D eigenvalue weighted by Gasteiger charge is -2.33. The van der Waals surface area contributed by atoms with Crippen LogP contribution in [0.15, 0.2) is 59.7 Å². The Hall–Kier alpha value is -2.79. The van der Waals surface area contributed by atoms with E-state index in [0.29, 0.717) is 0 Å². The topological polar surface area (TPSA) is 50.8 Å². The fourth-order valence-corrected chi connectivity index (χ4v) is 4.82. The molecule has 2 atom stereocenters. The van der Waals surface area contributed by atoms with Gasteiger partial charge in [0, 0.05) is 12.1 Å². The number of ether oxygens (including phenoxy) is 2. The van der Waals surface area contributed by atoms with Gasteiger partial charge in [0.2, 0.25) is 0 Å². The molecule has 1 aliphatic heterocycles. The number of rotatable bonds is 8. The Balaban J connectivity index is 1.51. The highest BCUT2D eigenvalue weighted by molar-refractivity contribution is 5.98. The minimum absolute atomic E-state index is 0.0258. The van der Waals surface area contributed by atoms with E-state index in [9.17, 15) is 4.79 Å². The van der Waals surface area contributed by atoms with E-state index in [1.807, 2.05) is 30.3 Å². The van der Waals surface area contributed by atoms with E-state index in [2.05, 4.69) is 35.3 Å². The van der Waals surface area contributed by atoms with Gasteiger partial charge in [-0.3, -0.25) is 10.1 Å². The number of carbonyl (C=O) groups excluding carboxylic acids is 1. The van der Waals surface area contributed by atoms with Crippen molar-refractivity contribution in [3.63, 3.8) is 0 Å². The van der Waals surface area contributed by atoms with Crippen molar-refractivity contribution in [1.82, 2.24) is 10.2 Å². The highest BCUT2D eigenvalue weighted by atomic mass is 16.5. The molecule has 4 rings (SSSR count). The summed E-state index contributed by atoms with van der Waals surface area (Å²) < 4.78 is 10.8. The summed E-state index contributed by atoms with van der Waals surface area (Å²) in [6, 6.07) is 16.4. The van der Waals surface area contributed by atoms with Crippen LogP contribution < -0.4 is 14.8 Å². The Morgan fingerprint density at radius 3 is 2.52 bits per heavy atom. The number of nitrogens with one attached hydrogen (secondary N) is 1. The molecular weight excluding hydrogens is 388 g/mol. The molecule has 0 fully saturated rings. The van der Waals surface area contributed by atoms with Crippen molar-refractivity contribution in [1.29, 1.82) is 0 Å². The summed E-state index contributed by atoms with van der Waals surface area (Å²) in [6.45, 7) is 2.91. The summed E-state index contributed by atoms with van der Waals surface area (Å²) >= 11 is 0. The Bertz CT molecular complexity index is 954. The molecule has 1 N–H and O–H groups in total. The Kier molecular flexibility index (Phi) is 6.62. The molecule has 0 aromatic heterocycles. The zero-order chi connectivity index (χ0) is 21.8. The number of amides is 1. The Morgan fingerprint density at radius 1 is 1.03 bits per heavy atom. The standard InChI is InChI=1S/C26H32N2O3/c1-18(20-9-5-4-6-10-20)28-25(21-11-7-8-12-22(21)26(28)29)27-16-15-19-13-14-23(30-2)24(17-19)31-3/h4-6,9-10,13-14,17-18,25,27H,7-8,11-12,15-16H2,1-3H3/t18-,25-/m1/s1. The summed E-state index contributed by atoms with van der Waals surface area (Å²) in [5, 5.41) is 3.70. The van der Waals surface area contributed by atoms with Crippen LogP contribution in [0.1, 0.15) is 49.8 Å². The highest BCUT2D eigenvalue weighted by Gasteiger charge is 2.41. The third-order valence-electron chi connectivity index (χ3n) is 6.51. The number of methoxy groups -OCH3 is 2. The van der Waals surface area contributed by atoms with Crippen LogP contribution in [0.4, 0.5) is 0 Å². The first-order valence-corrected chi connectivity index (χ1v) is 11.2. The monoisotopic (exact) mass is 420 g/mol. The molecule has 5 nitrogen and oxygen atoms in total. The second kappa shape index (κ2) is 9.56. The molecule has 0 saturated heterocycles. The van der Waals surface area contributed by atoms with Gasteiger partial charge in [0.05, 0.1) is 20.3 Å². The minimum atomic E-state index is -0.0295. The molecule has 0 spiro atoms. The van der Waals surface area contributed by atoms with E-state index in [1.54, 1.807) is 14.2 Å². The summed E-state index contributed by atoms with van der Waals surface area (Å²) in [4.78, 5) is 15.4. The molecule has 1 heterocycles. The predicted octanol–water partition coefficient (Wildman–Crippen LogP) is 4.64. The summed E-state index contributed by atoms with van der Waals surface area (Å²) in [7, 11) is 3.30. The summed E-state index contributed by atoms with van der Waals surface area (Å²) in [5.74, 6) is 1.68. The summed E-state index contributed by atoms with van der Waals surface area (Å²) in [6.07, 6.45) is 5.00. The fourth-order valence-electron chi connectivity index (χ4n) is 4.82. The lowest BCUT2D eigenvalue weighted by Crippen LogP contribution is -2.47. The largest absolute Gasteiger partial charge is 0.493 e. The van der Waals surface area contributed by atoms with Crippen LogP contribution in [0.3, 0.4) is 0 Å². The third-order valence-corrected chi connectivity index (χ3v) is 6.51. The van der Waals surface area contributed by atoms with Gasteiger partial charge in [-0.1, -0.05) is 36.4 Å². The van der Waals surface area contributed by atoms with Gasteiger partial charge in [-0.2, -0.15) is 0 Å². The van der Waals surface area contributed by atoms with E-state index in [0.717, 1.165) is 55.7 Å². The van der Waals surface area contributed by atoms with Crippen LogP contribution in [-0.4, -0.2) is 37.7 Å². The van der Waals surface area contributed by atoms with Gasteiger partial charge in [-0.15, -0.1) is 0 Å². The molecular formula is C26H32N2O3. The molecule has 0 bridgehead atoms. The predicted molar refractivity (Wildman–Crippen MR) is 122 cm³/mol. The van der Waals surface area contributed by atoms with E-state index in [4.69, 9.17) is 9.47 Å². The van der Waals surface area contributed by atoms with Gasteiger partial charge in [-0.05, 0) is 67.9 Å². The molecule has 2 aromatic carbocycles. The number of hydrogen-bond acceptors (Lipinski definition) is 4. The molecule has 1 aliphatic carbocycles. The van der Waals surface area contributed by atoms with E-state index < -0.39 is 0 Å². The Morgan fingerprint density at radius 2 is 1.77 bits per heavy atom. The van der Waals surface area contributed by atoms with Gasteiger partial charge < -0.3 is 14.4 Å². The first-order valence-electron chi connectivity index (χ1n) is 11.2. The number of benzene rings is 2. The number of nitrogens with zero attached hydrogens (tertiary/aromatic N) is 1. The molecule has 2 aromatic rings. The lowest BCUT2D eigenvalue weighted by molar-refractivity contribution is -0.129. The lowest BCUT2D eigenvalue weighted by atomic mass is 9.92. The van der Waals surface area contributed by atoms with Crippen molar-refractivity contribution in [3.8, 4) is 11.5 Å². The van der Waals surface area contributed by atoms with Gasteiger partial charge in [0.15, 0.2) is 11.5 Å². The van der Waals surface area contributed by atoms with Gasteiger partial charge >= 0.3 is 0 Å². The number of carbonyl (C=O) groups is 1. The molecule has 2 aliphatic rings. The SMILES string of the molecule is COc1ccc(CCN[C@H]2C3=C(CCCC3)C(=O)N2[C@H](C)c2ccccc2)cc1OC. The number of hydrogen-bond donors (Lipinski definition) is 1. The molecule has 5 heteroatoms. The van der Waals surface area contributed by atoms with Gasteiger partial charge in [0.1, 0.15) is 6.17 Å². The maximum absolute atomic E-state index is 13.3. The normalized spacial score (nSPS) is 19.4. The first kappa shape index (κ1) is 21.4. The minimum Gasteiger partial charge on any atom is -0.493 e. The molecule has 164 valence electrons. The van der Waals surface area contributed by atoms with Crippen LogP contribution in [-0.2, 0) is 11.2 Å². The molecule has 0 saturated carbocycles. The third kappa shape index (κ3) is 4.33. The van der Waals surface area contributed by atoms with Crippen molar-refractivity contribution in [2.45, 2.75) is 51.2 Å². The Labute approximate surface area is 185 Å². The van der Waals surface area contributed by atoms with Gasteiger partial charge in [-0.25, -0.2) is 0 Å². The molecule has 1 amide bonds.